The van der Waals surface area contributed by atoms with E-state index in [2.05, 4.69) is 26.6 Å². The van der Waals surface area contributed by atoms with Gasteiger partial charge in [0.1, 0.15) is 6.29 Å². The van der Waals surface area contributed by atoms with E-state index in [1.807, 2.05) is 0 Å². The number of carbonyl (C=O) groups is 6. The number of carbonyl (C=O) groups excluding carboxylic acids is 6. The summed E-state index contributed by atoms with van der Waals surface area (Å²) in [6, 6.07) is 6.47. The predicted octanol–water partition coefficient (Wildman–Crippen LogP) is -3.80. The van der Waals surface area contributed by atoms with Gasteiger partial charge in [0.2, 0.25) is 11.8 Å². The maximum absolute atomic E-state index is 12.0. The second-order valence-electron chi connectivity index (χ2n) is 8.62. The summed E-state index contributed by atoms with van der Waals surface area (Å²) in [7, 11) is 1.53. The van der Waals surface area contributed by atoms with Crippen LogP contribution in [0.25, 0.3) is 10.6 Å². The van der Waals surface area contributed by atoms with Crippen molar-refractivity contribution in [1.29, 1.82) is 0 Å². The second kappa shape index (κ2) is 29.3. The third kappa shape index (κ3) is 25.0. The molecule has 0 atom stereocenters. The summed E-state index contributed by atoms with van der Waals surface area (Å²) < 4.78 is 10.4. The van der Waals surface area contributed by atoms with Crippen molar-refractivity contribution in [2.75, 3.05) is 46.5 Å². The maximum Gasteiger partial charge on any atom is 1.00 e. The van der Waals surface area contributed by atoms with Crippen LogP contribution in [0.15, 0.2) is 24.3 Å². The third-order valence-electron chi connectivity index (χ3n) is 5.27. The molecule has 0 aliphatic carbocycles. The Kier molecular flexibility index (Phi) is 30.5. The summed E-state index contributed by atoms with van der Waals surface area (Å²) in [5.41, 5.74) is 1.07. The van der Waals surface area contributed by atoms with Gasteiger partial charge in [-0.15, -0.1) is 12.2 Å². The number of nitrogens with one attached hydrogen (secondary N) is 3. The SMILES string of the molecule is CNC(=O)CCNC(=O)Cc1ccc([N-]C(=O)CC(=O)[N-]CCOCCCOC(=O)NCCCCCC=O)cc1.[Rb+].[Rb+]. The van der Waals surface area contributed by atoms with Crippen molar-refractivity contribution >= 4 is 41.7 Å². The Balaban J connectivity index is 0. The summed E-state index contributed by atoms with van der Waals surface area (Å²) in [6.07, 6.45) is 3.71. The van der Waals surface area contributed by atoms with E-state index < -0.39 is 24.3 Å². The molecule has 0 radical (unpaired) electrons. The number of alkyl carbamates (subject to hydrolysis) is 1. The molecule has 15 heteroatoms. The molecule has 0 aromatic heterocycles. The Labute approximate surface area is 345 Å². The van der Waals surface area contributed by atoms with Crippen LogP contribution >= 0.6 is 0 Å². The van der Waals surface area contributed by atoms with Gasteiger partial charge in [0.05, 0.1) is 24.8 Å². The number of aldehydes is 1. The van der Waals surface area contributed by atoms with Crippen molar-refractivity contribution in [1.82, 2.24) is 16.0 Å². The molecule has 0 bridgehead atoms. The van der Waals surface area contributed by atoms with Crippen LogP contribution in [0, 0.1) is 0 Å². The van der Waals surface area contributed by atoms with Crippen LogP contribution in [0.1, 0.15) is 50.5 Å². The average molecular weight is 733 g/mol. The minimum absolute atomic E-state index is 0. The van der Waals surface area contributed by atoms with Gasteiger partial charge in [0.25, 0.3) is 0 Å². The zero-order valence-corrected chi connectivity index (χ0v) is 34.8. The smallest absolute Gasteiger partial charge is 0.651 e. The molecule has 0 aliphatic rings. The van der Waals surface area contributed by atoms with Gasteiger partial charge >= 0.3 is 122 Å². The molecule has 0 aliphatic heterocycles. The minimum atomic E-state index is -0.634. The number of rotatable bonds is 21. The van der Waals surface area contributed by atoms with E-state index in [1.165, 1.54) is 7.05 Å². The van der Waals surface area contributed by atoms with Crippen molar-refractivity contribution in [3.63, 3.8) is 0 Å². The number of benzene rings is 1. The summed E-state index contributed by atoms with van der Waals surface area (Å²) in [6.45, 7) is 1.53. The summed E-state index contributed by atoms with van der Waals surface area (Å²) >= 11 is 0. The normalized spacial score (nSPS) is 9.74. The van der Waals surface area contributed by atoms with Gasteiger partial charge in [-0.05, 0) is 18.4 Å². The quantitative estimate of drug-likeness (QED) is 0.0653. The van der Waals surface area contributed by atoms with Gasteiger partial charge in [0.15, 0.2) is 0 Å². The topological polar surface area (TPSA) is 185 Å². The van der Waals surface area contributed by atoms with Crippen molar-refractivity contribution < 1.29 is 155 Å². The fraction of sp³-hybridized carbons (Fsp3) is 0.556. The first-order valence-electron chi connectivity index (χ1n) is 13.3. The monoisotopic (exact) mass is 731 g/mol. The molecule has 0 spiro atoms. The van der Waals surface area contributed by atoms with E-state index in [4.69, 9.17) is 9.47 Å². The van der Waals surface area contributed by atoms with Gasteiger partial charge in [-0.2, -0.15) is 0 Å². The Bertz CT molecular complexity index is 951. The van der Waals surface area contributed by atoms with Crippen LogP contribution in [0.2, 0.25) is 0 Å². The van der Waals surface area contributed by atoms with Gasteiger partial charge in [-0.25, -0.2) is 4.79 Å². The van der Waals surface area contributed by atoms with Crippen LogP contribution in [0.5, 0.6) is 0 Å². The third-order valence-corrected chi connectivity index (χ3v) is 5.27. The number of hydrogen-bond donors (Lipinski definition) is 3. The summed E-state index contributed by atoms with van der Waals surface area (Å²) in [5.74, 6) is -1.63. The van der Waals surface area contributed by atoms with Gasteiger partial charge in [-0.3, -0.25) is 9.59 Å². The van der Waals surface area contributed by atoms with E-state index >= 15 is 0 Å². The number of amides is 5. The first-order chi connectivity index (χ1) is 19.3. The largest absolute Gasteiger partial charge is 1.00 e. The van der Waals surface area contributed by atoms with Crippen molar-refractivity contribution in [2.45, 2.75) is 51.4 Å². The molecular weight excluding hydrogens is 693 g/mol. The Hall–Kier alpha value is -0.390. The molecule has 0 saturated heterocycles. The number of nitrogens with zero attached hydrogens (tertiary/aromatic N) is 2. The Morgan fingerprint density at radius 2 is 1.57 bits per heavy atom. The Morgan fingerprint density at radius 1 is 0.833 bits per heavy atom. The second-order valence-corrected chi connectivity index (χ2v) is 8.62. The van der Waals surface area contributed by atoms with E-state index in [-0.39, 0.29) is 167 Å². The van der Waals surface area contributed by atoms with Crippen LogP contribution in [0.4, 0.5) is 10.5 Å². The molecular formula is C27H39N5O8Rb2. The standard InChI is InChI=1S/C27H41N5O8.2Rb/c1-28-23(34)11-13-29-24(35)19-21-7-9-22(10-8-21)32-26(37)20-25(36)30-14-18-39-16-6-17-40-27(38)31-12-4-2-3-5-15-33;;/h7-10,15H,2-6,11-14,16-20H2,1H3,(H5,28,29,30,31,32,34,35,36,37,38);;/q;2*+1/p-2. The zero-order chi connectivity index (χ0) is 29.4. The van der Waals surface area contributed by atoms with Crippen LogP contribution in [-0.2, 0) is 39.9 Å². The first-order valence-corrected chi connectivity index (χ1v) is 13.3. The molecule has 1 aromatic carbocycles. The first kappa shape index (κ1) is 43.7. The molecule has 13 nitrogen and oxygen atoms in total. The molecule has 0 fully saturated rings. The molecule has 5 amide bonds. The van der Waals surface area contributed by atoms with Crippen LogP contribution in [-0.4, -0.2) is 82.5 Å². The van der Waals surface area contributed by atoms with Gasteiger partial charge in [-0.1, -0.05) is 30.7 Å². The van der Waals surface area contributed by atoms with Crippen molar-refractivity contribution in [2.24, 2.45) is 0 Å². The summed E-state index contributed by atoms with van der Waals surface area (Å²) in [4.78, 5) is 68.7. The molecule has 1 rings (SSSR count). The number of ether oxygens (including phenoxy) is 2. The summed E-state index contributed by atoms with van der Waals surface area (Å²) in [5, 5.41) is 15.4. The van der Waals surface area contributed by atoms with Gasteiger partial charge < -0.3 is 50.4 Å². The molecule has 0 unspecified atom stereocenters. The van der Waals surface area contributed by atoms with E-state index in [9.17, 15) is 28.8 Å². The average Bonchev–Trinajstić information content (AvgIpc) is 2.93. The fourth-order valence-electron chi connectivity index (χ4n) is 3.18. The molecule has 42 heavy (non-hydrogen) atoms. The number of hydrogen-bond acceptors (Lipinski definition) is 8. The van der Waals surface area contributed by atoms with Gasteiger partial charge in [0, 0.05) is 59.0 Å². The minimum Gasteiger partial charge on any atom is -0.651 e. The Morgan fingerprint density at radius 3 is 2.26 bits per heavy atom. The molecule has 0 heterocycles. The van der Waals surface area contributed by atoms with E-state index in [1.54, 1.807) is 24.3 Å². The predicted molar refractivity (Wildman–Crippen MR) is 147 cm³/mol. The fourth-order valence-corrected chi connectivity index (χ4v) is 3.18. The van der Waals surface area contributed by atoms with E-state index in [0.717, 1.165) is 25.5 Å². The van der Waals surface area contributed by atoms with E-state index in [0.29, 0.717) is 37.2 Å². The maximum atomic E-state index is 12.0. The molecule has 1 aromatic rings. The molecule has 0 saturated carbocycles. The van der Waals surface area contributed by atoms with Crippen molar-refractivity contribution in [3.8, 4) is 0 Å². The van der Waals surface area contributed by atoms with Crippen LogP contribution in [0.3, 0.4) is 0 Å². The molecule has 3 N–H and O–H groups in total. The molecule has 222 valence electrons. The van der Waals surface area contributed by atoms with Crippen molar-refractivity contribution in [3.05, 3.63) is 40.5 Å². The number of unbranched alkanes of at least 4 members (excludes halogenated alkanes) is 3. The van der Waals surface area contributed by atoms with Crippen LogP contribution < -0.4 is 132 Å². The zero-order valence-electron chi connectivity index (χ0n) is 24.9.